The number of benzene rings is 1. The van der Waals surface area contributed by atoms with Crippen molar-refractivity contribution in [1.82, 2.24) is 5.32 Å². The normalized spacial score (nSPS) is 27.1. The van der Waals surface area contributed by atoms with Gasteiger partial charge in [0.05, 0.1) is 18.6 Å². The van der Waals surface area contributed by atoms with E-state index in [1.54, 1.807) is 7.11 Å². The Bertz CT molecular complexity index is 472. The highest BCUT2D eigenvalue weighted by Crippen LogP contribution is 2.37. The first-order chi connectivity index (χ1) is 9.47. The minimum absolute atomic E-state index is 0.0296. The molecule has 3 N–H and O–H groups in total. The van der Waals surface area contributed by atoms with Gasteiger partial charge in [-0.05, 0) is 44.4 Å². The van der Waals surface area contributed by atoms with E-state index >= 15 is 0 Å². The standard InChI is InChI=1S/C16H24N2O2/c1-11(12-6-8-13(20-3)9-7-12)18-15(19)16(2)10-4-5-14(16)17/h6-9,11,14H,4-5,10,17H2,1-3H3,(H,18,19)/t11-,14?,16?/m0/s1. The molecule has 1 aliphatic rings. The van der Waals surface area contributed by atoms with Crippen LogP contribution in [-0.4, -0.2) is 19.1 Å². The third-order valence-corrected chi connectivity index (χ3v) is 4.51. The minimum Gasteiger partial charge on any atom is -0.497 e. The van der Waals surface area contributed by atoms with E-state index in [4.69, 9.17) is 10.5 Å². The van der Waals surface area contributed by atoms with Crippen molar-refractivity contribution < 1.29 is 9.53 Å². The second kappa shape index (κ2) is 5.83. The molecule has 0 bridgehead atoms. The van der Waals surface area contributed by atoms with Crippen LogP contribution in [0, 0.1) is 5.41 Å². The van der Waals surface area contributed by atoms with E-state index in [0.29, 0.717) is 0 Å². The SMILES string of the molecule is COc1ccc([C@H](C)NC(=O)C2(C)CCCC2N)cc1. The van der Waals surface area contributed by atoms with Gasteiger partial charge in [0.2, 0.25) is 5.91 Å². The predicted molar refractivity (Wildman–Crippen MR) is 79.5 cm³/mol. The van der Waals surface area contributed by atoms with E-state index in [9.17, 15) is 4.79 Å². The van der Waals surface area contributed by atoms with Crippen LogP contribution in [0.3, 0.4) is 0 Å². The number of hydrogen-bond donors (Lipinski definition) is 2. The summed E-state index contributed by atoms with van der Waals surface area (Å²) in [7, 11) is 1.64. The van der Waals surface area contributed by atoms with Gasteiger partial charge in [-0.1, -0.05) is 18.6 Å². The van der Waals surface area contributed by atoms with Crippen LogP contribution in [0.1, 0.15) is 44.7 Å². The Balaban J connectivity index is 2.03. The Morgan fingerprint density at radius 2 is 2.10 bits per heavy atom. The molecule has 2 rings (SSSR count). The zero-order chi connectivity index (χ0) is 14.8. The van der Waals surface area contributed by atoms with Crippen LogP contribution in [0.5, 0.6) is 5.75 Å². The van der Waals surface area contributed by atoms with E-state index in [2.05, 4.69) is 5.32 Å². The molecule has 1 aromatic rings. The first-order valence-corrected chi connectivity index (χ1v) is 7.18. The molecule has 1 amide bonds. The molecular formula is C16H24N2O2. The lowest BCUT2D eigenvalue weighted by atomic mass is 9.84. The summed E-state index contributed by atoms with van der Waals surface area (Å²) in [6.07, 6.45) is 2.83. The maximum absolute atomic E-state index is 12.5. The van der Waals surface area contributed by atoms with Gasteiger partial charge >= 0.3 is 0 Å². The number of hydrogen-bond acceptors (Lipinski definition) is 3. The van der Waals surface area contributed by atoms with Crippen molar-refractivity contribution in [2.24, 2.45) is 11.1 Å². The van der Waals surface area contributed by atoms with Gasteiger partial charge in [-0.15, -0.1) is 0 Å². The van der Waals surface area contributed by atoms with Crippen molar-refractivity contribution in [3.63, 3.8) is 0 Å². The van der Waals surface area contributed by atoms with E-state index in [0.717, 1.165) is 30.6 Å². The Hall–Kier alpha value is -1.55. The lowest BCUT2D eigenvalue weighted by Crippen LogP contribution is -2.47. The summed E-state index contributed by atoms with van der Waals surface area (Å²) in [5, 5.41) is 3.09. The third-order valence-electron chi connectivity index (χ3n) is 4.51. The molecule has 1 aliphatic carbocycles. The summed E-state index contributed by atoms with van der Waals surface area (Å²) in [5.41, 5.74) is 6.72. The lowest BCUT2D eigenvalue weighted by molar-refractivity contribution is -0.131. The molecule has 4 heteroatoms. The molecule has 1 fully saturated rings. The number of ether oxygens (including phenoxy) is 1. The van der Waals surface area contributed by atoms with Gasteiger partial charge in [-0.2, -0.15) is 0 Å². The van der Waals surface area contributed by atoms with Gasteiger partial charge in [0, 0.05) is 6.04 Å². The summed E-state index contributed by atoms with van der Waals surface area (Å²) >= 11 is 0. The van der Waals surface area contributed by atoms with Crippen molar-refractivity contribution in [3.05, 3.63) is 29.8 Å². The van der Waals surface area contributed by atoms with Crippen LogP contribution in [0.15, 0.2) is 24.3 Å². The van der Waals surface area contributed by atoms with E-state index in [-0.39, 0.29) is 18.0 Å². The summed E-state index contributed by atoms with van der Waals surface area (Å²) in [6.45, 7) is 3.96. The summed E-state index contributed by atoms with van der Waals surface area (Å²) < 4.78 is 5.14. The van der Waals surface area contributed by atoms with Crippen molar-refractivity contribution in [2.75, 3.05) is 7.11 Å². The smallest absolute Gasteiger partial charge is 0.227 e. The van der Waals surface area contributed by atoms with E-state index in [1.165, 1.54) is 0 Å². The van der Waals surface area contributed by atoms with Crippen LogP contribution < -0.4 is 15.8 Å². The van der Waals surface area contributed by atoms with Gasteiger partial charge in [-0.3, -0.25) is 4.79 Å². The second-order valence-electron chi connectivity index (χ2n) is 5.88. The molecule has 1 saturated carbocycles. The average molecular weight is 276 g/mol. The molecule has 0 saturated heterocycles. The van der Waals surface area contributed by atoms with E-state index < -0.39 is 5.41 Å². The molecule has 2 unspecified atom stereocenters. The predicted octanol–water partition coefficient (Wildman–Crippen LogP) is 2.39. The maximum atomic E-state index is 12.5. The lowest BCUT2D eigenvalue weighted by Gasteiger charge is -2.29. The quantitative estimate of drug-likeness (QED) is 0.887. The van der Waals surface area contributed by atoms with Gasteiger partial charge in [0.25, 0.3) is 0 Å². The van der Waals surface area contributed by atoms with Crippen LogP contribution in [0.4, 0.5) is 0 Å². The van der Waals surface area contributed by atoms with Crippen LogP contribution in [-0.2, 0) is 4.79 Å². The largest absolute Gasteiger partial charge is 0.497 e. The molecule has 0 heterocycles. The summed E-state index contributed by atoms with van der Waals surface area (Å²) in [5.74, 6) is 0.878. The molecule has 1 aromatic carbocycles. The first kappa shape index (κ1) is 14.9. The fraction of sp³-hybridized carbons (Fsp3) is 0.562. The zero-order valence-electron chi connectivity index (χ0n) is 12.5. The van der Waals surface area contributed by atoms with Crippen LogP contribution >= 0.6 is 0 Å². The second-order valence-corrected chi connectivity index (χ2v) is 5.88. The van der Waals surface area contributed by atoms with Crippen LogP contribution in [0.25, 0.3) is 0 Å². The highest BCUT2D eigenvalue weighted by molar-refractivity contribution is 5.83. The van der Waals surface area contributed by atoms with Gasteiger partial charge in [0.15, 0.2) is 0 Å². The van der Waals surface area contributed by atoms with Gasteiger partial charge < -0.3 is 15.8 Å². The minimum atomic E-state index is -0.430. The molecule has 0 spiro atoms. The first-order valence-electron chi connectivity index (χ1n) is 7.18. The Morgan fingerprint density at radius 3 is 2.60 bits per heavy atom. The third kappa shape index (κ3) is 2.80. The Labute approximate surface area is 120 Å². The molecule has 20 heavy (non-hydrogen) atoms. The van der Waals surface area contributed by atoms with Crippen molar-refractivity contribution in [1.29, 1.82) is 0 Å². The maximum Gasteiger partial charge on any atom is 0.227 e. The molecular weight excluding hydrogens is 252 g/mol. The van der Waals surface area contributed by atoms with Crippen LogP contribution in [0.2, 0.25) is 0 Å². The molecule has 0 aliphatic heterocycles. The van der Waals surface area contributed by atoms with Gasteiger partial charge in [-0.25, -0.2) is 0 Å². The Kier molecular flexibility index (Phi) is 4.33. The number of nitrogens with two attached hydrogens (primary N) is 1. The average Bonchev–Trinajstić information content (AvgIpc) is 2.80. The Morgan fingerprint density at radius 1 is 1.45 bits per heavy atom. The zero-order valence-corrected chi connectivity index (χ0v) is 12.5. The van der Waals surface area contributed by atoms with Crippen molar-refractivity contribution in [3.8, 4) is 5.75 Å². The molecule has 0 aromatic heterocycles. The fourth-order valence-corrected chi connectivity index (χ4v) is 2.81. The number of amides is 1. The fourth-order valence-electron chi connectivity index (χ4n) is 2.81. The van der Waals surface area contributed by atoms with Crippen molar-refractivity contribution in [2.45, 2.75) is 45.2 Å². The number of rotatable bonds is 4. The number of carbonyl (C=O) groups is 1. The highest BCUT2D eigenvalue weighted by atomic mass is 16.5. The van der Waals surface area contributed by atoms with Gasteiger partial charge in [0.1, 0.15) is 5.75 Å². The summed E-state index contributed by atoms with van der Waals surface area (Å²) in [6, 6.07) is 7.69. The summed E-state index contributed by atoms with van der Waals surface area (Å²) in [4.78, 5) is 12.5. The number of nitrogens with one attached hydrogen (secondary N) is 1. The molecule has 0 radical (unpaired) electrons. The van der Waals surface area contributed by atoms with Crippen molar-refractivity contribution >= 4 is 5.91 Å². The van der Waals surface area contributed by atoms with E-state index in [1.807, 2.05) is 38.1 Å². The molecule has 110 valence electrons. The topological polar surface area (TPSA) is 64.3 Å². The molecule has 3 atom stereocenters. The number of methoxy groups -OCH3 is 1. The number of carbonyl (C=O) groups excluding carboxylic acids is 1. The molecule has 4 nitrogen and oxygen atoms in total. The highest BCUT2D eigenvalue weighted by Gasteiger charge is 2.43. The monoisotopic (exact) mass is 276 g/mol.